The molecule has 0 saturated heterocycles. The summed E-state index contributed by atoms with van der Waals surface area (Å²) in [4.78, 5) is 16.1. The van der Waals surface area contributed by atoms with Crippen LogP contribution in [0.3, 0.4) is 0 Å². The van der Waals surface area contributed by atoms with Crippen LogP contribution in [-0.4, -0.2) is 38.7 Å². The Morgan fingerprint density at radius 3 is 3.30 bits per heavy atom. The number of imidazole rings is 1. The lowest BCUT2D eigenvalue weighted by Crippen LogP contribution is -2.29. The van der Waals surface area contributed by atoms with E-state index in [0.717, 1.165) is 37.2 Å². The molecule has 1 aliphatic heterocycles. The molecule has 1 aliphatic rings. The highest BCUT2D eigenvalue weighted by molar-refractivity contribution is 5.94. The lowest BCUT2D eigenvalue weighted by atomic mass is 10.1. The highest BCUT2D eigenvalue weighted by Gasteiger charge is 2.20. The van der Waals surface area contributed by atoms with Gasteiger partial charge in [0.2, 0.25) is 0 Å². The van der Waals surface area contributed by atoms with Gasteiger partial charge in [0.1, 0.15) is 0 Å². The van der Waals surface area contributed by atoms with Gasteiger partial charge in [0.15, 0.2) is 5.69 Å². The van der Waals surface area contributed by atoms with Crippen LogP contribution in [-0.2, 0) is 19.5 Å². The van der Waals surface area contributed by atoms with Gasteiger partial charge in [-0.05, 0) is 6.42 Å². The first-order valence-electron chi connectivity index (χ1n) is 6.85. The van der Waals surface area contributed by atoms with Gasteiger partial charge in [0, 0.05) is 56.3 Å². The summed E-state index contributed by atoms with van der Waals surface area (Å²) in [6.45, 7) is 3.12. The number of aromatic nitrogens is 4. The number of fused-ring (bicyclic) bond motifs is 1. The summed E-state index contributed by atoms with van der Waals surface area (Å²) in [6, 6.07) is 0. The maximum absolute atomic E-state index is 12.1. The fraction of sp³-hybridized carbons (Fsp3) is 0.462. The largest absolute Gasteiger partial charge is 0.351 e. The molecule has 7 heteroatoms. The SMILES string of the molecule is O=C(NCCCn1ccnc1)c1n[nH]c2c1CNCC2. The maximum Gasteiger partial charge on any atom is 0.272 e. The Hall–Kier alpha value is -2.15. The summed E-state index contributed by atoms with van der Waals surface area (Å²) in [5, 5.41) is 13.3. The smallest absolute Gasteiger partial charge is 0.272 e. The average molecular weight is 274 g/mol. The van der Waals surface area contributed by atoms with Crippen molar-refractivity contribution < 1.29 is 4.79 Å². The lowest BCUT2D eigenvalue weighted by Gasteiger charge is -2.12. The van der Waals surface area contributed by atoms with E-state index in [0.29, 0.717) is 18.8 Å². The molecule has 0 aliphatic carbocycles. The zero-order valence-electron chi connectivity index (χ0n) is 11.2. The van der Waals surface area contributed by atoms with E-state index in [9.17, 15) is 4.79 Å². The second-order valence-electron chi connectivity index (χ2n) is 4.87. The minimum absolute atomic E-state index is 0.100. The number of aryl methyl sites for hydroxylation is 1. The number of carbonyl (C=O) groups is 1. The van der Waals surface area contributed by atoms with Gasteiger partial charge in [-0.1, -0.05) is 0 Å². The van der Waals surface area contributed by atoms with Crippen LogP contribution in [0.2, 0.25) is 0 Å². The van der Waals surface area contributed by atoms with Crippen LogP contribution in [0.1, 0.15) is 28.2 Å². The van der Waals surface area contributed by atoms with Crippen molar-refractivity contribution in [2.45, 2.75) is 25.9 Å². The molecule has 2 aromatic heterocycles. The Morgan fingerprint density at radius 2 is 2.45 bits per heavy atom. The third-order valence-electron chi connectivity index (χ3n) is 3.46. The molecule has 3 heterocycles. The second kappa shape index (κ2) is 5.87. The number of aromatic amines is 1. The van der Waals surface area contributed by atoms with E-state index < -0.39 is 0 Å². The highest BCUT2D eigenvalue weighted by Crippen LogP contribution is 2.14. The molecule has 3 rings (SSSR count). The summed E-state index contributed by atoms with van der Waals surface area (Å²) in [5.74, 6) is -0.100. The molecule has 7 nitrogen and oxygen atoms in total. The Kier molecular flexibility index (Phi) is 3.78. The first-order chi connectivity index (χ1) is 9.84. The number of amides is 1. The molecular weight excluding hydrogens is 256 g/mol. The minimum atomic E-state index is -0.100. The zero-order chi connectivity index (χ0) is 13.8. The molecule has 0 fully saturated rings. The van der Waals surface area contributed by atoms with Gasteiger partial charge < -0.3 is 15.2 Å². The van der Waals surface area contributed by atoms with E-state index in [1.165, 1.54) is 0 Å². The zero-order valence-corrected chi connectivity index (χ0v) is 11.2. The van der Waals surface area contributed by atoms with Crippen molar-refractivity contribution in [2.75, 3.05) is 13.1 Å². The van der Waals surface area contributed by atoms with Crippen LogP contribution in [0.15, 0.2) is 18.7 Å². The van der Waals surface area contributed by atoms with Gasteiger partial charge in [0.25, 0.3) is 5.91 Å². The van der Waals surface area contributed by atoms with E-state index in [1.54, 1.807) is 12.5 Å². The highest BCUT2D eigenvalue weighted by atomic mass is 16.1. The third-order valence-corrected chi connectivity index (χ3v) is 3.46. The Labute approximate surface area is 116 Å². The van der Waals surface area contributed by atoms with E-state index in [-0.39, 0.29) is 5.91 Å². The standard InChI is InChI=1S/C13H18N6O/c20-13(16-3-1-6-19-7-5-15-9-19)12-10-8-14-4-2-11(10)17-18-12/h5,7,9,14H,1-4,6,8H2,(H,16,20)(H,17,18). The van der Waals surface area contributed by atoms with Crippen LogP contribution in [0.4, 0.5) is 0 Å². The Morgan fingerprint density at radius 1 is 1.50 bits per heavy atom. The molecule has 20 heavy (non-hydrogen) atoms. The molecule has 3 N–H and O–H groups in total. The molecule has 0 radical (unpaired) electrons. The summed E-state index contributed by atoms with van der Waals surface area (Å²) < 4.78 is 1.99. The number of rotatable bonds is 5. The number of carbonyl (C=O) groups excluding carboxylic acids is 1. The first kappa shape index (κ1) is 12.9. The van der Waals surface area contributed by atoms with Gasteiger partial charge in [-0.15, -0.1) is 0 Å². The topological polar surface area (TPSA) is 87.6 Å². The quantitative estimate of drug-likeness (QED) is 0.673. The van der Waals surface area contributed by atoms with Crippen LogP contribution < -0.4 is 10.6 Å². The number of nitrogens with one attached hydrogen (secondary N) is 3. The van der Waals surface area contributed by atoms with E-state index in [2.05, 4.69) is 25.8 Å². The molecular formula is C13H18N6O. The summed E-state index contributed by atoms with van der Waals surface area (Å²) in [5.41, 5.74) is 2.60. The number of nitrogens with zero attached hydrogens (tertiary/aromatic N) is 3. The monoisotopic (exact) mass is 274 g/mol. The number of H-pyrrole nitrogens is 1. The second-order valence-corrected chi connectivity index (χ2v) is 4.87. The molecule has 0 aromatic carbocycles. The predicted octanol–water partition coefficient (Wildman–Crippen LogP) is 0.0720. The summed E-state index contributed by atoms with van der Waals surface area (Å²) in [7, 11) is 0. The molecule has 106 valence electrons. The Bertz CT molecular complexity index is 574. The van der Waals surface area contributed by atoms with Crippen molar-refractivity contribution in [1.29, 1.82) is 0 Å². The fourth-order valence-electron chi connectivity index (χ4n) is 2.38. The van der Waals surface area contributed by atoms with Gasteiger partial charge in [-0.25, -0.2) is 4.98 Å². The average Bonchev–Trinajstić information content (AvgIpc) is 3.12. The van der Waals surface area contributed by atoms with Crippen molar-refractivity contribution in [3.8, 4) is 0 Å². The van der Waals surface area contributed by atoms with Crippen LogP contribution in [0, 0.1) is 0 Å². The third kappa shape index (κ3) is 2.72. The number of hydrogen-bond acceptors (Lipinski definition) is 4. The first-order valence-corrected chi connectivity index (χ1v) is 6.85. The molecule has 2 aromatic rings. The van der Waals surface area contributed by atoms with Crippen molar-refractivity contribution in [3.63, 3.8) is 0 Å². The van der Waals surface area contributed by atoms with Crippen molar-refractivity contribution in [2.24, 2.45) is 0 Å². The predicted molar refractivity (Wildman–Crippen MR) is 73.2 cm³/mol. The normalized spacial score (nSPS) is 14.0. The Balaban J connectivity index is 1.50. The molecule has 0 unspecified atom stereocenters. The van der Waals surface area contributed by atoms with Gasteiger partial charge in [0.05, 0.1) is 6.33 Å². The van der Waals surface area contributed by atoms with E-state index >= 15 is 0 Å². The van der Waals surface area contributed by atoms with Crippen molar-refractivity contribution in [1.82, 2.24) is 30.4 Å². The van der Waals surface area contributed by atoms with Gasteiger partial charge in [-0.2, -0.15) is 5.10 Å². The van der Waals surface area contributed by atoms with E-state index in [4.69, 9.17) is 0 Å². The fourth-order valence-corrected chi connectivity index (χ4v) is 2.38. The molecule has 0 spiro atoms. The van der Waals surface area contributed by atoms with Gasteiger partial charge in [-0.3, -0.25) is 9.89 Å². The molecule has 1 amide bonds. The molecule has 0 bridgehead atoms. The lowest BCUT2D eigenvalue weighted by molar-refractivity contribution is 0.0946. The number of hydrogen-bond donors (Lipinski definition) is 3. The molecule has 0 atom stereocenters. The van der Waals surface area contributed by atoms with Crippen molar-refractivity contribution in [3.05, 3.63) is 35.7 Å². The summed E-state index contributed by atoms with van der Waals surface area (Å²) >= 11 is 0. The summed E-state index contributed by atoms with van der Waals surface area (Å²) in [6.07, 6.45) is 7.21. The van der Waals surface area contributed by atoms with Crippen LogP contribution in [0.5, 0.6) is 0 Å². The van der Waals surface area contributed by atoms with Crippen LogP contribution in [0.25, 0.3) is 0 Å². The van der Waals surface area contributed by atoms with Gasteiger partial charge >= 0.3 is 0 Å². The van der Waals surface area contributed by atoms with Crippen molar-refractivity contribution >= 4 is 5.91 Å². The molecule has 0 saturated carbocycles. The van der Waals surface area contributed by atoms with E-state index in [1.807, 2.05) is 10.8 Å². The minimum Gasteiger partial charge on any atom is -0.351 e. The van der Waals surface area contributed by atoms with Crippen LogP contribution >= 0.6 is 0 Å². The maximum atomic E-state index is 12.1.